The zero-order valence-electron chi connectivity index (χ0n) is 16.1. The molecular weight excluding hydrogens is 336 g/mol. The number of aromatic nitrogens is 1. The van der Waals surface area contributed by atoms with Crippen molar-refractivity contribution in [2.75, 3.05) is 49.1 Å². The van der Waals surface area contributed by atoms with E-state index in [-0.39, 0.29) is 5.91 Å². The van der Waals surface area contributed by atoms with Gasteiger partial charge in [-0.05, 0) is 62.6 Å². The first kappa shape index (κ1) is 17.8. The van der Waals surface area contributed by atoms with Crippen molar-refractivity contribution in [1.82, 2.24) is 9.88 Å². The third kappa shape index (κ3) is 4.07. The van der Waals surface area contributed by atoms with Crippen LogP contribution in [0.25, 0.3) is 0 Å². The molecule has 2 saturated heterocycles. The van der Waals surface area contributed by atoms with E-state index < -0.39 is 0 Å². The Morgan fingerprint density at radius 2 is 1.52 bits per heavy atom. The van der Waals surface area contributed by atoms with Gasteiger partial charge < -0.3 is 14.7 Å². The summed E-state index contributed by atoms with van der Waals surface area (Å²) in [7, 11) is 0. The average molecular weight is 364 g/mol. The van der Waals surface area contributed by atoms with Crippen LogP contribution >= 0.6 is 0 Å². The van der Waals surface area contributed by atoms with Gasteiger partial charge in [0.05, 0.1) is 0 Å². The van der Waals surface area contributed by atoms with Crippen molar-refractivity contribution >= 4 is 17.3 Å². The molecule has 0 N–H and O–H groups in total. The van der Waals surface area contributed by atoms with E-state index in [1.54, 1.807) is 0 Å². The molecule has 2 fully saturated rings. The van der Waals surface area contributed by atoms with E-state index in [0.717, 1.165) is 56.9 Å². The zero-order chi connectivity index (χ0) is 18.6. The lowest BCUT2D eigenvalue weighted by molar-refractivity contribution is 0.0767. The summed E-state index contributed by atoms with van der Waals surface area (Å²) in [5, 5.41) is 0. The molecule has 0 bridgehead atoms. The Morgan fingerprint density at radius 1 is 0.815 bits per heavy atom. The molecule has 2 aromatic rings. The van der Waals surface area contributed by atoms with Gasteiger partial charge in [0.25, 0.3) is 5.91 Å². The molecule has 1 amide bonds. The third-order valence-electron chi connectivity index (χ3n) is 5.61. The molecule has 0 atom stereocenters. The predicted molar refractivity (Wildman–Crippen MR) is 110 cm³/mol. The lowest BCUT2D eigenvalue weighted by Gasteiger charge is -2.24. The van der Waals surface area contributed by atoms with Crippen LogP contribution in [-0.2, 0) is 0 Å². The Bertz CT molecular complexity index is 783. The minimum atomic E-state index is 0.149. The van der Waals surface area contributed by atoms with E-state index in [4.69, 9.17) is 0 Å². The number of amides is 1. The molecule has 2 aliphatic rings. The van der Waals surface area contributed by atoms with E-state index >= 15 is 0 Å². The molecule has 0 saturated carbocycles. The second-order valence-electron chi connectivity index (χ2n) is 7.53. The summed E-state index contributed by atoms with van der Waals surface area (Å²) in [5.41, 5.74) is 4.26. The highest BCUT2D eigenvalue weighted by atomic mass is 16.2. The first-order valence-corrected chi connectivity index (χ1v) is 10.0. The van der Waals surface area contributed by atoms with Crippen LogP contribution in [0.3, 0.4) is 0 Å². The SMILES string of the molecule is Cc1cc(N2CCCN(C(=O)c3ccc(N4CCCC4)cc3)CC2)ccn1. The molecular formula is C22H28N4O. The molecule has 0 aliphatic carbocycles. The molecule has 0 radical (unpaired) electrons. The minimum Gasteiger partial charge on any atom is -0.372 e. The number of hydrogen-bond donors (Lipinski definition) is 0. The Morgan fingerprint density at radius 3 is 2.26 bits per heavy atom. The smallest absolute Gasteiger partial charge is 0.253 e. The number of pyridine rings is 1. The number of aryl methyl sites for hydroxylation is 1. The highest BCUT2D eigenvalue weighted by Gasteiger charge is 2.21. The number of anilines is 2. The number of rotatable bonds is 3. The van der Waals surface area contributed by atoms with Gasteiger partial charge in [-0.1, -0.05) is 0 Å². The quantitative estimate of drug-likeness (QED) is 0.837. The molecule has 5 nitrogen and oxygen atoms in total. The number of carbonyl (C=O) groups excluding carboxylic acids is 1. The number of carbonyl (C=O) groups is 1. The fourth-order valence-electron chi connectivity index (χ4n) is 4.08. The number of hydrogen-bond acceptors (Lipinski definition) is 4. The highest BCUT2D eigenvalue weighted by Crippen LogP contribution is 2.22. The number of benzene rings is 1. The van der Waals surface area contributed by atoms with Crippen molar-refractivity contribution in [2.45, 2.75) is 26.2 Å². The highest BCUT2D eigenvalue weighted by molar-refractivity contribution is 5.94. The minimum absolute atomic E-state index is 0.149. The summed E-state index contributed by atoms with van der Waals surface area (Å²) < 4.78 is 0. The summed E-state index contributed by atoms with van der Waals surface area (Å²) in [5.74, 6) is 0.149. The second-order valence-corrected chi connectivity index (χ2v) is 7.53. The second kappa shape index (κ2) is 7.99. The number of nitrogens with zero attached hydrogens (tertiary/aromatic N) is 4. The lowest BCUT2D eigenvalue weighted by Crippen LogP contribution is -2.35. The molecule has 27 heavy (non-hydrogen) atoms. The van der Waals surface area contributed by atoms with Crippen molar-refractivity contribution in [2.24, 2.45) is 0 Å². The molecule has 1 aromatic heterocycles. The van der Waals surface area contributed by atoms with Gasteiger partial charge in [0.1, 0.15) is 0 Å². The van der Waals surface area contributed by atoms with Crippen LogP contribution in [0.1, 0.15) is 35.3 Å². The van der Waals surface area contributed by atoms with Crippen LogP contribution in [0.5, 0.6) is 0 Å². The Balaban J connectivity index is 1.40. The molecule has 5 heteroatoms. The van der Waals surface area contributed by atoms with Gasteiger partial charge in [0, 0.05) is 68.1 Å². The lowest BCUT2D eigenvalue weighted by atomic mass is 10.1. The first-order chi connectivity index (χ1) is 13.2. The van der Waals surface area contributed by atoms with Gasteiger partial charge >= 0.3 is 0 Å². The molecule has 3 heterocycles. The van der Waals surface area contributed by atoms with Crippen molar-refractivity contribution in [3.8, 4) is 0 Å². The van der Waals surface area contributed by atoms with E-state index in [2.05, 4.69) is 39.0 Å². The van der Waals surface area contributed by atoms with Gasteiger partial charge in [0.15, 0.2) is 0 Å². The Kier molecular flexibility index (Phi) is 5.28. The maximum Gasteiger partial charge on any atom is 0.253 e. The molecule has 0 spiro atoms. The van der Waals surface area contributed by atoms with E-state index in [0.29, 0.717) is 0 Å². The molecule has 1 aromatic carbocycles. The largest absolute Gasteiger partial charge is 0.372 e. The topological polar surface area (TPSA) is 39.7 Å². The monoisotopic (exact) mass is 364 g/mol. The zero-order valence-corrected chi connectivity index (χ0v) is 16.1. The summed E-state index contributed by atoms with van der Waals surface area (Å²) in [4.78, 5) is 24.0. The van der Waals surface area contributed by atoms with Crippen molar-refractivity contribution < 1.29 is 4.79 Å². The van der Waals surface area contributed by atoms with Gasteiger partial charge in [-0.15, -0.1) is 0 Å². The average Bonchev–Trinajstić information content (AvgIpc) is 3.12. The molecule has 0 unspecified atom stereocenters. The Hall–Kier alpha value is -2.56. The van der Waals surface area contributed by atoms with Crippen molar-refractivity contribution in [3.05, 3.63) is 53.9 Å². The third-order valence-corrected chi connectivity index (χ3v) is 5.61. The van der Waals surface area contributed by atoms with Crippen LogP contribution in [0.15, 0.2) is 42.6 Å². The predicted octanol–water partition coefficient (Wildman–Crippen LogP) is 3.34. The van der Waals surface area contributed by atoms with Crippen LogP contribution in [0.4, 0.5) is 11.4 Å². The molecule has 2 aliphatic heterocycles. The summed E-state index contributed by atoms with van der Waals surface area (Å²) in [6, 6.07) is 12.4. The van der Waals surface area contributed by atoms with Gasteiger partial charge in [0.2, 0.25) is 0 Å². The molecule has 142 valence electrons. The summed E-state index contributed by atoms with van der Waals surface area (Å²) >= 11 is 0. The van der Waals surface area contributed by atoms with Gasteiger partial charge in [-0.25, -0.2) is 0 Å². The Labute approximate surface area is 161 Å². The molecule has 4 rings (SSSR count). The normalized spacial score (nSPS) is 17.9. The summed E-state index contributed by atoms with van der Waals surface area (Å²) in [6.45, 7) is 7.68. The summed E-state index contributed by atoms with van der Waals surface area (Å²) in [6.07, 6.45) is 5.38. The van der Waals surface area contributed by atoms with Crippen LogP contribution in [0.2, 0.25) is 0 Å². The fourth-order valence-corrected chi connectivity index (χ4v) is 4.08. The fraction of sp³-hybridized carbons (Fsp3) is 0.455. The van der Waals surface area contributed by atoms with Crippen molar-refractivity contribution in [1.29, 1.82) is 0 Å². The van der Waals surface area contributed by atoms with Gasteiger partial charge in [-0.2, -0.15) is 0 Å². The van der Waals surface area contributed by atoms with Crippen molar-refractivity contribution in [3.63, 3.8) is 0 Å². The maximum atomic E-state index is 13.0. The van der Waals surface area contributed by atoms with E-state index in [1.165, 1.54) is 24.2 Å². The van der Waals surface area contributed by atoms with Gasteiger partial charge in [-0.3, -0.25) is 9.78 Å². The van der Waals surface area contributed by atoms with E-state index in [1.807, 2.05) is 30.2 Å². The van der Waals surface area contributed by atoms with E-state index in [9.17, 15) is 4.79 Å². The van der Waals surface area contributed by atoms with Crippen LogP contribution in [0, 0.1) is 6.92 Å². The first-order valence-electron chi connectivity index (χ1n) is 10.0. The maximum absolute atomic E-state index is 13.0. The van der Waals surface area contributed by atoms with Crippen LogP contribution in [-0.4, -0.2) is 55.1 Å². The standard InChI is InChI=1S/C22H28N4O/c1-18-17-21(9-10-23-18)25-13-4-14-26(16-15-25)22(27)19-5-7-20(8-6-19)24-11-2-3-12-24/h5-10,17H,2-4,11-16H2,1H3. The van der Waals surface area contributed by atoms with Crippen LogP contribution < -0.4 is 9.80 Å².